The first kappa shape index (κ1) is 13.5. The summed E-state index contributed by atoms with van der Waals surface area (Å²) in [4.78, 5) is 25.2. The van der Waals surface area contributed by atoms with Crippen LogP contribution in [0.15, 0.2) is 12.1 Å². The van der Waals surface area contributed by atoms with Crippen LogP contribution in [0.25, 0.3) is 0 Å². The van der Waals surface area contributed by atoms with E-state index in [4.69, 9.17) is 0 Å². The van der Waals surface area contributed by atoms with Crippen molar-refractivity contribution in [2.45, 2.75) is 26.8 Å². The maximum Gasteiger partial charge on any atom is 0.242 e. The van der Waals surface area contributed by atoms with E-state index in [0.717, 1.165) is 0 Å². The number of Topliss-reactive ketones (excluding diaryl/α,β-unsaturated/α-hetero) is 1. The molecule has 1 N–H and O–H groups in total. The molecule has 1 atom stereocenters. The number of hydrogen-bond acceptors (Lipinski definition) is 3. The lowest BCUT2D eigenvalue weighted by molar-refractivity contribution is -0.122. The van der Waals surface area contributed by atoms with E-state index in [9.17, 15) is 14.0 Å². The average molecular weight is 264 g/mol. The Kier molecular flexibility index (Phi) is 3.55. The summed E-state index contributed by atoms with van der Waals surface area (Å²) in [6, 6.07) is 2.53. The molecule has 1 unspecified atom stereocenters. The molecule has 0 radical (unpaired) electrons. The number of halogens is 1. The zero-order chi connectivity index (χ0) is 14.2. The third kappa shape index (κ3) is 2.45. The lowest BCUT2D eigenvalue weighted by atomic mass is 10.0. The summed E-state index contributed by atoms with van der Waals surface area (Å²) in [5.74, 6) is -0.683. The van der Waals surface area contributed by atoms with Gasteiger partial charge in [0, 0.05) is 24.3 Å². The molecule has 2 rings (SSSR count). The van der Waals surface area contributed by atoms with Crippen LogP contribution in [0.5, 0.6) is 0 Å². The van der Waals surface area contributed by atoms with Crippen LogP contribution in [0.2, 0.25) is 0 Å². The smallest absolute Gasteiger partial charge is 0.242 e. The highest BCUT2D eigenvalue weighted by Crippen LogP contribution is 2.27. The predicted molar refractivity (Wildman–Crippen MR) is 71.0 cm³/mol. The van der Waals surface area contributed by atoms with Gasteiger partial charge >= 0.3 is 0 Å². The molecule has 5 heteroatoms. The molecule has 1 aliphatic heterocycles. The van der Waals surface area contributed by atoms with Gasteiger partial charge in [-0.25, -0.2) is 4.39 Å². The summed E-state index contributed by atoms with van der Waals surface area (Å²) in [7, 11) is 0. The van der Waals surface area contributed by atoms with Gasteiger partial charge in [0.2, 0.25) is 5.91 Å². The first-order valence-corrected chi connectivity index (χ1v) is 6.27. The van der Waals surface area contributed by atoms with Crippen molar-refractivity contribution in [3.63, 3.8) is 0 Å². The SMILES string of the molecule is CC(=O)c1cc(F)c(C)cc1N1CCNC(=O)C1C. The first-order valence-electron chi connectivity index (χ1n) is 6.27. The Labute approximate surface area is 111 Å². The zero-order valence-corrected chi connectivity index (χ0v) is 11.3. The van der Waals surface area contributed by atoms with Crippen molar-refractivity contribution in [1.29, 1.82) is 0 Å². The summed E-state index contributed by atoms with van der Waals surface area (Å²) in [6.07, 6.45) is 0. The number of carbonyl (C=O) groups is 2. The maximum absolute atomic E-state index is 13.6. The summed E-state index contributed by atoms with van der Waals surface area (Å²) in [6.45, 7) is 5.96. The molecule has 1 aromatic rings. The molecule has 0 saturated carbocycles. The summed E-state index contributed by atoms with van der Waals surface area (Å²) < 4.78 is 13.6. The molecule has 1 saturated heterocycles. The number of hydrogen-bond donors (Lipinski definition) is 1. The van der Waals surface area contributed by atoms with Crippen molar-refractivity contribution in [2.24, 2.45) is 0 Å². The second kappa shape index (κ2) is 4.99. The topological polar surface area (TPSA) is 49.4 Å². The monoisotopic (exact) mass is 264 g/mol. The van der Waals surface area contributed by atoms with Crippen molar-refractivity contribution in [1.82, 2.24) is 5.32 Å². The zero-order valence-electron chi connectivity index (χ0n) is 11.3. The highest BCUT2D eigenvalue weighted by molar-refractivity contribution is 6.01. The fourth-order valence-electron chi connectivity index (χ4n) is 2.30. The minimum atomic E-state index is -0.400. The van der Waals surface area contributed by atoms with Crippen LogP contribution in [-0.4, -0.2) is 30.8 Å². The quantitative estimate of drug-likeness (QED) is 0.826. The van der Waals surface area contributed by atoms with Crippen LogP contribution in [0, 0.1) is 12.7 Å². The van der Waals surface area contributed by atoms with Crippen LogP contribution < -0.4 is 10.2 Å². The number of piperazine rings is 1. The summed E-state index contributed by atoms with van der Waals surface area (Å²) in [5, 5.41) is 2.77. The number of benzene rings is 1. The number of rotatable bonds is 2. The Morgan fingerprint density at radius 2 is 2.16 bits per heavy atom. The van der Waals surface area contributed by atoms with Crippen LogP contribution in [0.1, 0.15) is 29.8 Å². The molecule has 1 heterocycles. The number of nitrogens with one attached hydrogen (secondary N) is 1. The van der Waals surface area contributed by atoms with Crippen LogP contribution in [0.3, 0.4) is 0 Å². The van der Waals surface area contributed by atoms with E-state index in [2.05, 4.69) is 5.32 Å². The summed E-state index contributed by atoms with van der Waals surface area (Å²) in [5.41, 5.74) is 1.43. The van der Waals surface area contributed by atoms with Gasteiger partial charge in [0.15, 0.2) is 5.78 Å². The van der Waals surface area contributed by atoms with Gasteiger partial charge in [-0.3, -0.25) is 9.59 Å². The molecule has 4 nitrogen and oxygen atoms in total. The molecular weight excluding hydrogens is 247 g/mol. The Bertz CT molecular complexity index is 542. The Morgan fingerprint density at radius 3 is 2.79 bits per heavy atom. The van der Waals surface area contributed by atoms with E-state index in [1.165, 1.54) is 13.0 Å². The first-order chi connectivity index (χ1) is 8.91. The van der Waals surface area contributed by atoms with Gasteiger partial charge in [0.25, 0.3) is 0 Å². The van der Waals surface area contributed by atoms with E-state index >= 15 is 0 Å². The van der Waals surface area contributed by atoms with Gasteiger partial charge in [-0.2, -0.15) is 0 Å². The van der Waals surface area contributed by atoms with Crippen LogP contribution in [-0.2, 0) is 4.79 Å². The second-order valence-electron chi connectivity index (χ2n) is 4.84. The summed E-state index contributed by atoms with van der Waals surface area (Å²) >= 11 is 0. The highest BCUT2D eigenvalue weighted by atomic mass is 19.1. The fraction of sp³-hybridized carbons (Fsp3) is 0.429. The Morgan fingerprint density at radius 1 is 1.47 bits per heavy atom. The van der Waals surface area contributed by atoms with Crippen LogP contribution in [0.4, 0.5) is 10.1 Å². The molecule has 1 aliphatic rings. The minimum Gasteiger partial charge on any atom is -0.357 e. The van der Waals surface area contributed by atoms with Gasteiger partial charge in [-0.1, -0.05) is 0 Å². The number of ketones is 1. The van der Waals surface area contributed by atoms with E-state index in [-0.39, 0.29) is 17.7 Å². The normalized spacial score (nSPS) is 19.3. The van der Waals surface area contributed by atoms with Gasteiger partial charge in [0.1, 0.15) is 11.9 Å². The number of carbonyl (C=O) groups excluding carboxylic acids is 2. The fourth-order valence-corrected chi connectivity index (χ4v) is 2.30. The molecule has 1 aromatic carbocycles. The lowest BCUT2D eigenvalue weighted by Crippen LogP contribution is -2.54. The third-order valence-electron chi connectivity index (χ3n) is 3.46. The highest BCUT2D eigenvalue weighted by Gasteiger charge is 2.28. The van der Waals surface area contributed by atoms with Crippen molar-refractivity contribution >= 4 is 17.4 Å². The number of amides is 1. The minimum absolute atomic E-state index is 0.0808. The molecule has 0 spiro atoms. The largest absolute Gasteiger partial charge is 0.357 e. The molecule has 0 bridgehead atoms. The number of aryl methyl sites for hydroxylation is 1. The van der Waals surface area contributed by atoms with Crippen molar-refractivity contribution in [3.8, 4) is 0 Å². The van der Waals surface area contributed by atoms with Crippen molar-refractivity contribution in [2.75, 3.05) is 18.0 Å². The molecule has 1 fully saturated rings. The molecular formula is C14H17FN2O2. The Hall–Kier alpha value is -1.91. The number of nitrogens with zero attached hydrogens (tertiary/aromatic N) is 1. The molecule has 0 aliphatic carbocycles. The molecule has 19 heavy (non-hydrogen) atoms. The van der Waals surface area contributed by atoms with Crippen LogP contribution >= 0.6 is 0 Å². The van der Waals surface area contributed by atoms with Crippen molar-refractivity contribution in [3.05, 3.63) is 29.1 Å². The van der Waals surface area contributed by atoms with E-state index in [0.29, 0.717) is 29.9 Å². The van der Waals surface area contributed by atoms with E-state index < -0.39 is 5.82 Å². The molecule has 1 amide bonds. The molecule has 102 valence electrons. The maximum atomic E-state index is 13.6. The molecule has 0 aromatic heterocycles. The Balaban J connectivity index is 2.51. The predicted octanol–water partition coefficient (Wildman–Crippen LogP) is 1.66. The third-order valence-corrected chi connectivity index (χ3v) is 3.46. The second-order valence-corrected chi connectivity index (χ2v) is 4.84. The van der Waals surface area contributed by atoms with E-state index in [1.54, 1.807) is 19.9 Å². The average Bonchev–Trinajstić information content (AvgIpc) is 2.35. The standard InChI is InChI=1S/C14H17FN2O2/c1-8-6-13(11(10(3)18)7-12(8)15)17-5-4-16-14(19)9(17)2/h6-7,9H,4-5H2,1-3H3,(H,16,19). The van der Waals surface area contributed by atoms with Crippen molar-refractivity contribution < 1.29 is 14.0 Å². The van der Waals surface area contributed by atoms with Gasteiger partial charge in [0.05, 0.1) is 0 Å². The van der Waals surface area contributed by atoms with E-state index in [1.807, 2.05) is 4.90 Å². The van der Waals surface area contributed by atoms with Gasteiger partial charge in [-0.05, 0) is 38.5 Å². The lowest BCUT2D eigenvalue weighted by Gasteiger charge is -2.35. The van der Waals surface area contributed by atoms with Gasteiger partial charge in [-0.15, -0.1) is 0 Å². The number of anilines is 1. The van der Waals surface area contributed by atoms with Gasteiger partial charge < -0.3 is 10.2 Å².